The molecular formula is C22H21N3O3S. The number of nitrogens with one attached hydrogen (secondary N) is 1. The van der Waals surface area contributed by atoms with Crippen molar-refractivity contribution in [2.75, 3.05) is 24.3 Å². The van der Waals surface area contributed by atoms with Gasteiger partial charge in [-0.2, -0.15) is 0 Å². The van der Waals surface area contributed by atoms with E-state index < -0.39 is 0 Å². The fourth-order valence-corrected chi connectivity index (χ4v) is 3.71. The van der Waals surface area contributed by atoms with Crippen LogP contribution in [0.3, 0.4) is 0 Å². The smallest absolute Gasteiger partial charge is 0.234 e. The van der Waals surface area contributed by atoms with Crippen molar-refractivity contribution in [2.24, 2.45) is 0 Å². The second-order valence-corrected chi connectivity index (χ2v) is 7.77. The lowest BCUT2D eigenvalue weighted by Gasteiger charge is -2.18. The van der Waals surface area contributed by atoms with Crippen molar-refractivity contribution >= 4 is 23.4 Å². The Morgan fingerprint density at radius 1 is 1.00 bits per heavy atom. The number of nitrogens with zero attached hydrogens (tertiary/aromatic N) is 2. The molecule has 6 nitrogen and oxygen atoms in total. The predicted octanol–water partition coefficient (Wildman–Crippen LogP) is 4.26. The number of carbonyl (C=O) groups excluding carboxylic acids is 1. The number of anilines is 1. The van der Waals surface area contributed by atoms with Crippen LogP contribution >= 0.6 is 11.8 Å². The minimum atomic E-state index is -0.119. The van der Waals surface area contributed by atoms with Gasteiger partial charge in [0.15, 0.2) is 11.5 Å². The Hall–Kier alpha value is -3.06. The molecule has 29 heavy (non-hydrogen) atoms. The van der Waals surface area contributed by atoms with E-state index in [1.165, 1.54) is 22.9 Å². The van der Waals surface area contributed by atoms with Gasteiger partial charge in [0.1, 0.15) is 18.2 Å². The summed E-state index contributed by atoms with van der Waals surface area (Å²) in [5.74, 6) is 1.47. The third kappa shape index (κ3) is 4.68. The van der Waals surface area contributed by atoms with Gasteiger partial charge in [-0.25, -0.2) is 0 Å². The number of hydrogen-bond acceptors (Lipinski definition) is 6. The fraction of sp³-hybridized carbons (Fsp3) is 0.227. The first-order valence-electron chi connectivity index (χ1n) is 9.32. The minimum Gasteiger partial charge on any atom is -0.486 e. The van der Waals surface area contributed by atoms with Gasteiger partial charge in [-0.1, -0.05) is 35.5 Å². The number of aryl methyl sites for hydroxylation is 2. The van der Waals surface area contributed by atoms with Crippen LogP contribution < -0.4 is 14.8 Å². The van der Waals surface area contributed by atoms with Gasteiger partial charge < -0.3 is 14.8 Å². The van der Waals surface area contributed by atoms with E-state index >= 15 is 0 Å². The predicted molar refractivity (Wildman–Crippen MR) is 114 cm³/mol. The molecule has 2 aromatic carbocycles. The molecule has 4 rings (SSSR count). The van der Waals surface area contributed by atoms with Crippen LogP contribution in [0.15, 0.2) is 53.6 Å². The zero-order chi connectivity index (χ0) is 20.2. The maximum atomic E-state index is 12.3. The largest absolute Gasteiger partial charge is 0.486 e. The van der Waals surface area contributed by atoms with Crippen molar-refractivity contribution in [1.82, 2.24) is 10.2 Å². The molecule has 0 aliphatic carbocycles. The van der Waals surface area contributed by atoms with Gasteiger partial charge in [-0.05, 0) is 43.7 Å². The zero-order valence-electron chi connectivity index (χ0n) is 16.3. The van der Waals surface area contributed by atoms with Crippen molar-refractivity contribution in [1.29, 1.82) is 0 Å². The lowest BCUT2D eigenvalue weighted by Crippen LogP contribution is -2.17. The number of thioether (sulfide) groups is 1. The molecule has 1 amide bonds. The van der Waals surface area contributed by atoms with Crippen LogP contribution in [0.1, 0.15) is 11.1 Å². The highest BCUT2D eigenvalue weighted by molar-refractivity contribution is 7.99. The lowest BCUT2D eigenvalue weighted by molar-refractivity contribution is -0.113. The molecule has 0 radical (unpaired) electrons. The van der Waals surface area contributed by atoms with E-state index in [9.17, 15) is 4.79 Å². The third-order valence-corrected chi connectivity index (χ3v) is 5.40. The Bertz CT molecular complexity index is 1040. The van der Waals surface area contributed by atoms with Gasteiger partial charge in [0, 0.05) is 17.3 Å². The Morgan fingerprint density at radius 2 is 1.83 bits per heavy atom. The van der Waals surface area contributed by atoms with E-state index in [1.54, 1.807) is 18.2 Å². The topological polar surface area (TPSA) is 73.3 Å². The van der Waals surface area contributed by atoms with E-state index in [2.05, 4.69) is 47.6 Å². The number of carbonyl (C=O) groups is 1. The van der Waals surface area contributed by atoms with Crippen LogP contribution in [0.4, 0.5) is 5.69 Å². The van der Waals surface area contributed by atoms with E-state index in [0.29, 0.717) is 35.4 Å². The highest BCUT2D eigenvalue weighted by atomic mass is 32.2. The normalized spacial score (nSPS) is 12.5. The average molecular weight is 407 g/mol. The summed E-state index contributed by atoms with van der Waals surface area (Å²) >= 11 is 1.35. The SMILES string of the molecule is Cc1ccc(-c2ccc(SCC(=O)Nc3ccc4c(c3)OCCO4)nn2)c(C)c1. The summed E-state index contributed by atoms with van der Waals surface area (Å²) in [7, 11) is 0. The number of hydrogen-bond donors (Lipinski definition) is 1. The second-order valence-electron chi connectivity index (χ2n) is 6.77. The Morgan fingerprint density at radius 3 is 2.59 bits per heavy atom. The molecule has 1 aliphatic rings. The van der Waals surface area contributed by atoms with Crippen LogP contribution in [0.25, 0.3) is 11.3 Å². The quantitative estimate of drug-likeness (QED) is 0.637. The average Bonchev–Trinajstić information content (AvgIpc) is 2.73. The molecule has 0 spiro atoms. The summed E-state index contributed by atoms with van der Waals surface area (Å²) in [5.41, 5.74) is 4.95. The third-order valence-electron chi connectivity index (χ3n) is 4.48. The molecule has 148 valence electrons. The summed E-state index contributed by atoms with van der Waals surface area (Å²) in [6.45, 7) is 5.18. The molecule has 0 saturated heterocycles. The van der Waals surface area contributed by atoms with Gasteiger partial charge in [-0.15, -0.1) is 10.2 Å². The maximum absolute atomic E-state index is 12.3. The van der Waals surface area contributed by atoms with Crippen LogP contribution in [0.2, 0.25) is 0 Å². The van der Waals surface area contributed by atoms with E-state index in [-0.39, 0.29) is 11.7 Å². The van der Waals surface area contributed by atoms with E-state index in [0.717, 1.165) is 11.3 Å². The van der Waals surface area contributed by atoms with Gasteiger partial charge in [-0.3, -0.25) is 4.79 Å². The number of benzene rings is 2. The summed E-state index contributed by atoms with van der Waals surface area (Å²) in [6, 6.07) is 15.5. The molecular weight excluding hydrogens is 386 g/mol. The number of amides is 1. The van der Waals surface area contributed by atoms with Gasteiger partial charge in [0.2, 0.25) is 5.91 Å². The number of fused-ring (bicyclic) bond motifs is 1. The highest BCUT2D eigenvalue weighted by Gasteiger charge is 2.13. The van der Waals surface area contributed by atoms with Crippen LogP contribution in [-0.2, 0) is 4.79 Å². The first-order chi connectivity index (χ1) is 14.1. The summed E-state index contributed by atoms with van der Waals surface area (Å²) < 4.78 is 11.0. The van der Waals surface area contributed by atoms with Crippen molar-refractivity contribution in [3.05, 3.63) is 59.7 Å². The monoisotopic (exact) mass is 407 g/mol. The maximum Gasteiger partial charge on any atom is 0.234 e. The molecule has 0 atom stereocenters. The first-order valence-corrected chi connectivity index (χ1v) is 10.3. The highest BCUT2D eigenvalue weighted by Crippen LogP contribution is 2.32. The van der Waals surface area contributed by atoms with Crippen LogP contribution in [0, 0.1) is 13.8 Å². The lowest BCUT2D eigenvalue weighted by atomic mass is 10.0. The van der Waals surface area contributed by atoms with Crippen LogP contribution in [-0.4, -0.2) is 35.1 Å². The van der Waals surface area contributed by atoms with Gasteiger partial charge in [0.05, 0.1) is 11.4 Å². The molecule has 2 heterocycles. The Labute approximate surface area is 173 Å². The Balaban J connectivity index is 1.34. The zero-order valence-corrected chi connectivity index (χ0v) is 17.1. The molecule has 3 aromatic rings. The van der Waals surface area contributed by atoms with E-state index in [4.69, 9.17) is 9.47 Å². The molecule has 0 unspecified atom stereocenters. The van der Waals surface area contributed by atoms with Gasteiger partial charge >= 0.3 is 0 Å². The van der Waals surface area contributed by atoms with Crippen molar-refractivity contribution in [3.63, 3.8) is 0 Å². The molecule has 0 fully saturated rings. The number of ether oxygens (including phenoxy) is 2. The molecule has 0 saturated carbocycles. The first kappa shape index (κ1) is 19.3. The van der Waals surface area contributed by atoms with Crippen molar-refractivity contribution < 1.29 is 14.3 Å². The second kappa shape index (κ2) is 8.53. The van der Waals surface area contributed by atoms with Crippen molar-refractivity contribution in [3.8, 4) is 22.8 Å². The molecule has 1 N–H and O–H groups in total. The number of rotatable bonds is 5. The fourth-order valence-electron chi connectivity index (χ4n) is 3.10. The summed E-state index contributed by atoms with van der Waals surface area (Å²) in [4.78, 5) is 12.3. The minimum absolute atomic E-state index is 0.119. The number of aromatic nitrogens is 2. The van der Waals surface area contributed by atoms with E-state index in [1.807, 2.05) is 12.1 Å². The van der Waals surface area contributed by atoms with Crippen LogP contribution in [0.5, 0.6) is 11.5 Å². The summed E-state index contributed by atoms with van der Waals surface area (Å²) in [5, 5.41) is 12.1. The molecule has 1 aliphatic heterocycles. The molecule has 0 bridgehead atoms. The Kier molecular flexibility index (Phi) is 5.67. The van der Waals surface area contributed by atoms with Gasteiger partial charge in [0.25, 0.3) is 0 Å². The van der Waals surface area contributed by atoms with Crippen molar-refractivity contribution in [2.45, 2.75) is 18.9 Å². The molecule has 1 aromatic heterocycles. The standard InChI is InChI=1S/C22H21N3O3S/c1-14-3-5-17(15(2)11-14)18-6-8-22(25-24-18)29-13-21(26)23-16-4-7-19-20(12-16)28-10-9-27-19/h3-8,11-12H,9-10,13H2,1-2H3,(H,23,26). The molecule has 7 heteroatoms. The summed E-state index contributed by atoms with van der Waals surface area (Å²) in [6.07, 6.45) is 0.